The number of aliphatic hydroxyl groups is 1. The van der Waals surface area contributed by atoms with Gasteiger partial charge in [-0.2, -0.15) is 5.26 Å². The third-order valence-electron chi connectivity index (χ3n) is 3.98. The number of anilines is 1. The molecule has 0 aliphatic heterocycles. The number of nitrogens with one attached hydrogen (secondary N) is 1. The first-order valence-electron chi connectivity index (χ1n) is 7.93. The average Bonchev–Trinajstić information content (AvgIpc) is 2.65. The maximum Gasteiger partial charge on any atom is 0.330 e. The molecule has 0 radical (unpaired) electrons. The lowest BCUT2D eigenvalue weighted by Gasteiger charge is -2.18. The Kier molecular flexibility index (Phi) is 5.80. The highest BCUT2D eigenvalue weighted by molar-refractivity contribution is 5.80. The number of aliphatic carboxylic acids is 1. The van der Waals surface area contributed by atoms with Gasteiger partial charge in [0.25, 0.3) is 0 Å². The van der Waals surface area contributed by atoms with E-state index in [0.29, 0.717) is 22.4 Å². The molecule has 25 heavy (non-hydrogen) atoms. The Labute approximate surface area is 146 Å². The summed E-state index contributed by atoms with van der Waals surface area (Å²) in [6.45, 7) is 3.76. The molecule has 128 valence electrons. The molecular formula is C20H20N2O3. The first-order chi connectivity index (χ1) is 12.0. The summed E-state index contributed by atoms with van der Waals surface area (Å²) in [6, 6.07) is 13.3. The SMILES string of the molecule is CCc1cc(/C(C)=C\O)cc(C(Nc2ccc(C#N)cc2)C(=O)O)c1. The number of carboxylic acid groups (broad SMARTS) is 1. The number of carbonyl (C=O) groups is 1. The normalized spacial score (nSPS) is 12.3. The number of allylic oxidation sites excluding steroid dienone is 1. The van der Waals surface area contributed by atoms with E-state index >= 15 is 0 Å². The van der Waals surface area contributed by atoms with E-state index in [4.69, 9.17) is 5.26 Å². The maximum absolute atomic E-state index is 11.8. The van der Waals surface area contributed by atoms with Crippen LogP contribution in [-0.4, -0.2) is 16.2 Å². The Hall–Kier alpha value is -3.26. The van der Waals surface area contributed by atoms with Crippen LogP contribution in [0.1, 0.15) is 42.1 Å². The van der Waals surface area contributed by atoms with E-state index in [1.165, 1.54) is 0 Å². The Bertz CT molecular complexity index is 833. The van der Waals surface area contributed by atoms with Crippen molar-refractivity contribution in [1.82, 2.24) is 0 Å². The van der Waals surface area contributed by atoms with Crippen molar-refractivity contribution in [2.75, 3.05) is 5.32 Å². The van der Waals surface area contributed by atoms with Crippen LogP contribution in [0.2, 0.25) is 0 Å². The molecule has 2 aromatic carbocycles. The van der Waals surface area contributed by atoms with E-state index in [9.17, 15) is 15.0 Å². The van der Waals surface area contributed by atoms with Crippen LogP contribution in [0.25, 0.3) is 5.57 Å². The summed E-state index contributed by atoms with van der Waals surface area (Å²) < 4.78 is 0. The molecule has 2 rings (SSSR count). The maximum atomic E-state index is 11.8. The number of carboxylic acids is 1. The summed E-state index contributed by atoms with van der Waals surface area (Å²) in [6.07, 6.45) is 1.77. The van der Waals surface area contributed by atoms with Crippen molar-refractivity contribution in [2.24, 2.45) is 0 Å². The molecule has 0 spiro atoms. The third-order valence-corrected chi connectivity index (χ3v) is 3.98. The molecule has 0 aliphatic carbocycles. The zero-order chi connectivity index (χ0) is 18.4. The van der Waals surface area contributed by atoms with E-state index in [-0.39, 0.29) is 0 Å². The Morgan fingerprint density at radius 1 is 1.28 bits per heavy atom. The number of nitrogens with zero attached hydrogens (tertiary/aromatic N) is 1. The summed E-state index contributed by atoms with van der Waals surface area (Å²) in [4.78, 5) is 11.8. The van der Waals surface area contributed by atoms with Crippen molar-refractivity contribution in [1.29, 1.82) is 5.26 Å². The molecule has 1 unspecified atom stereocenters. The van der Waals surface area contributed by atoms with Crippen LogP contribution in [0.15, 0.2) is 48.7 Å². The van der Waals surface area contributed by atoms with Crippen molar-refractivity contribution < 1.29 is 15.0 Å². The van der Waals surface area contributed by atoms with Crippen LogP contribution in [0.3, 0.4) is 0 Å². The average molecular weight is 336 g/mol. The number of nitriles is 1. The van der Waals surface area contributed by atoms with Crippen molar-refractivity contribution in [3.63, 3.8) is 0 Å². The molecule has 0 saturated heterocycles. The van der Waals surface area contributed by atoms with Gasteiger partial charge in [0.15, 0.2) is 6.04 Å². The molecule has 0 saturated carbocycles. The lowest BCUT2D eigenvalue weighted by molar-refractivity contribution is -0.138. The van der Waals surface area contributed by atoms with Crippen LogP contribution >= 0.6 is 0 Å². The van der Waals surface area contributed by atoms with Crippen molar-refractivity contribution in [3.8, 4) is 6.07 Å². The number of hydrogen-bond donors (Lipinski definition) is 3. The van der Waals surface area contributed by atoms with Gasteiger partial charge >= 0.3 is 5.97 Å². The summed E-state index contributed by atoms with van der Waals surface area (Å²) in [7, 11) is 0. The van der Waals surface area contributed by atoms with Gasteiger partial charge in [-0.1, -0.05) is 19.1 Å². The first kappa shape index (κ1) is 18.1. The van der Waals surface area contributed by atoms with Gasteiger partial charge in [-0.25, -0.2) is 4.79 Å². The van der Waals surface area contributed by atoms with Crippen molar-refractivity contribution >= 4 is 17.2 Å². The number of hydrogen-bond acceptors (Lipinski definition) is 4. The first-order valence-corrected chi connectivity index (χ1v) is 7.93. The van der Waals surface area contributed by atoms with E-state index in [1.807, 2.05) is 25.1 Å². The molecule has 2 aromatic rings. The molecule has 3 N–H and O–H groups in total. The van der Waals surface area contributed by atoms with E-state index in [2.05, 4.69) is 5.32 Å². The topological polar surface area (TPSA) is 93.4 Å². The lowest BCUT2D eigenvalue weighted by atomic mass is 9.96. The molecule has 1 atom stereocenters. The minimum atomic E-state index is -1.01. The molecule has 0 heterocycles. The van der Waals surface area contributed by atoms with E-state index in [1.54, 1.807) is 37.3 Å². The molecule has 5 nitrogen and oxygen atoms in total. The quantitative estimate of drug-likeness (QED) is 0.685. The van der Waals surface area contributed by atoms with Crippen LogP contribution in [-0.2, 0) is 11.2 Å². The Morgan fingerprint density at radius 3 is 2.48 bits per heavy atom. The molecule has 0 amide bonds. The largest absolute Gasteiger partial charge is 0.515 e. The number of aryl methyl sites for hydroxylation is 1. The third kappa shape index (κ3) is 4.39. The van der Waals surface area contributed by atoms with Crippen LogP contribution in [0.4, 0.5) is 5.69 Å². The monoisotopic (exact) mass is 336 g/mol. The fourth-order valence-corrected chi connectivity index (χ4v) is 2.49. The van der Waals surface area contributed by atoms with Gasteiger partial charge in [0.1, 0.15) is 0 Å². The summed E-state index contributed by atoms with van der Waals surface area (Å²) in [5.74, 6) is -1.01. The standard InChI is InChI=1S/C20H20N2O3/c1-3-14-8-16(13(2)12-23)10-17(9-14)19(20(24)25)22-18-6-4-15(11-21)5-7-18/h4-10,12,19,22-23H,3H2,1-2H3,(H,24,25)/b13-12-. The van der Waals surface area contributed by atoms with Gasteiger partial charge < -0.3 is 15.5 Å². The number of rotatable bonds is 6. The summed E-state index contributed by atoms with van der Waals surface area (Å²) in [5.41, 5.74) is 4.17. The highest BCUT2D eigenvalue weighted by atomic mass is 16.4. The van der Waals surface area contributed by atoms with Gasteiger partial charge in [-0.15, -0.1) is 0 Å². The minimum Gasteiger partial charge on any atom is -0.515 e. The molecule has 0 bridgehead atoms. The molecule has 0 fully saturated rings. The van der Waals surface area contributed by atoms with Crippen LogP contribution in [0, 0.1) is 11.3 Å². The molecule has 5 heteroatoms. The molecular weight excluding hydrogens is 316 g/mol. The lowest BCUT2D eigenvalue weighted by Crippen LogP contribution is -2.21. The van der Waals surface area contributed by atoms with Crippen molar-refractivity contribution in [2.45, 2.75) is 26.3 Å². The van der Waals surface area contributed by atoms with Gasteiger partial charge in [0.2, 0.25) is 0 Å². The zero-order valence-corrected chi connectivity index (χ0v) is 14.2. The number of aliphatic hydroxyl groups excluding tert-OH is 1. The zero-order valence-electron chi connectivity index (χ0n) is 14.2. The highest BCUT2D eigenvalue weighted by Gasteiger charge is 2.21. The predicted octanol–water partition coefficient (Wildman–Crippen LogP) is 4.28. The van der Waals surface area contributed by atoms with Gasteiger partial charge in [0.05, 0.1) is 17.9 Å². The smallest absolute Gasteiger partial charge is 0.330 e. The second-order valence-corrected chi connectivity index (χ2v) is 5.73. The van der Waals surface area contributed by atoms with Gasteiger partial charge in [-0.3, -0.25) is 0 Å². The second kappa shape index (κ2) is 8.02. The van der Waals surface area contributed by atoms with Gasteiger partial charge in [-0.05, 0) is 65.9 Å². The van der Waals surface area contributed by atoms with Crippen molar-refractivity contribution in [3.05, 3.63) is 71.0 Å². The fourth-order valence-electron chi connectivity index (χ4n) is 2.49. The van der Waals surface area contributed by atoms with Crippen LogP contribution < -0.4 is 5.32 Å². The Morgan fingerprint density at radius 2 is 1.96 bits per heavy atom. The predicted molar refractivity (Wildman–Crippen MR) is 97.3 cm³/mol. The van der Waals surface area contributed by atoms with E-state index < -0.39 is 12.0 Å². The fraction of sp³-hybridized carbons (Fsp3) is 0.200. The van der Waals surface area contributed by atoms with Crippen LogP contribution in [0.5, 0.6) is 0 Å². The second-order valence-electron chi connectivity index (χ2n) is 5.73. The van der Waals surface area contributed by atoms with Gasteiger partial charge in [0, 0.05) is 5.69 Å². The highest BCUT2D eigenvalue weighted by Crippen LogP contribution is 2.26. The molecule has 0 aromatic heterocycles. The Balaban J connectivity index is 2.42. The summed E-state index contributed by atoms with van der Waals surface area (Å²) in [5, 5.41) is 30.8. The van der Waals surface area contributed by atoms with E-state index in [0.717, 1.165) is 23.8 Å². The number of benzene rings is 2. The summed E-state index contributed by atoms with van der Waals surface area (Å²) >= 11 is 0. The molecule has 0 aliphatic rings. The minimum absolute atomic E-state index is 0.511.